The first-order valence-corrected chi connectivity index (χ1v) is 9.58. The van der Waals surface area contributed by atoms with Gasteiger partial charge in [-0.15, -0.1) is 0 Å². The van der Waals surface area contributed by atoms with E-state index in [0.717, 1.165) is 12.8 Å². The minimum atomic E-state index is -0.729. The molecule has 148 valence electrons. The Morgan fingerprint density at radius 3 is 2.81 bits per heavy atom. The fourth-order valence-corrected chi connectivity index (χ4v) is 2.98. The quantitative estimate of drug-likeness (QED) is 0.502. The Morgan fingerprint density at radius 1 is 1.33 bits per heavy atom. The van der Waals surface area contributed by atoms with Gasteiger partial charge in [-0.05, 0) is 24.6 Å². The Bertz CT molecular complexity index is 699. The van der Waals surface area contributed by atoms with E-state index in [9.17, 15) is 14.4 Å². The SMILES string of the molecule is CCCCOC(=O)CC1C(=O)NCCN1CC(=O)Nc1ccc(Cl)c(Cl)c1. The van der Waals surface area contributed by atoms with Crippen molar-refractivity contribution in [2.75, 3.05) is 31.6 Å². The van der Waals surface area contributed by atoms with E-state index in [0.29, 0.717) is 35.4 Å². The van der Waals surface area contributed by atoms with Crippen LogP contribution in [0.2, 0.25) is 10.0 Å². The number of rotatable bonds is 8. The van der Waals surface area contributed by atoms with Gasteiger partial charge in [-0.25, -0.2) is 0 Å². The lowest BCUT2D eigenvalue weighted by molar-refractivity contribution is -0.149. The van der Waals surface area contributed by atoms with E-state index >= 15 is 0 Å². The van der Waals surface area contributed by atoms with E-state index in [1.165, 1.54) is 0 Å². The zero-order chi connectivity index (χ0) is 19.8. The molecule has 0 radical (unpaired) electrons. The predicted molar refractivity (Wildman–Crippen MR) is 104 cm³/mol. The minimum absolute atomic E-state index is 0.0272. The monoisotopic (exact) mass is 415 g/mol. The smallest absolute Gasteiger partial charge is 0.307 e. The van der Waals surface area contributed by atoms with E-state index in [1.54, 1.807) is 23.1 Å². The zero-order valence-corrected chi connectivity index (χ0v) is 16.6. The number of benzene rings is 1. The van der Waals surface area contributed by atoms with Gasteiger partial charge in [0.2, 0.25) is 11.8 Å². The van der Waals surface area contributed by atoms with Crippen LogP contribution in [0.1, 0.15) is 26.2 Å². The van der Waals surface area contributed by atoms with Crippen molar-refractivity contribution >= 4 is 46.7 Å². The number of anilines is 1. The largest absolute Gasteiger partial charge is 0.466 e. The van der Waals surface area contributed by atoms with Crippen LogP contribution < -0.4 is 10.6 Å². The van der Waals surface area contributed by atoms with Crippen LogP contribution >= 0.6 is 23.2 Å². The van der Waals surface area contributed by atoms with Crippen molar-refractivity contribution in [3.05, 3.63) is 28.2 Å². The molecule has 2 amide bonds. The molecule has 1 aliphatic rings. The molecule has 1 heterocycles. The third-order valence-electron chi connectivity index (χ3n) is 4.11. The Hall–Kier alpha value is -1.83. The van der Waals surface area contributed by atoms with E-state index in [-0.39, 0.29) is 24.8 Å². The van der Waals surface area contributed by atoms with Crippen molar-refractivity contribution in [2.24, 2.45) is 0 Å². The van der Waals surface area contributed by atoms with Crippen molar-refractivity contribution in [2.45, 2.75) is 32.2 Å². The van der Waals surface area contributed by atoms with Crippen LogP contribution in [0.3, 0.4) is 0 Å². The number of halogens is 2. The topological polar surface area (TPSA) is 87.7 Å². The average molecular weight is 416 g/mol. The molecule has 9 heteroatoms. The normalized spacial score (nSPS) is 17.3. The molecule has 1 saturated heterocycles. The van der Waals surface area contributed by atoms with Crippen LogP contribution in [-0.2, 0) is 19.1 Å². The van der Waals surface area contributed by atoms with Crippen LogP contribution in [0.5, 0.6) is 0 Å². The number of unbranched alkanes of at least 4 members (excludes halogenated alkanes) is 1. The first-order chi connectivity index (χ1) is 12.9. The fraction of sp³-hybridized carbons (Fsp3) is 0.500. The second-order valence-corrected chi connectivity index (χ2v) is 7.05. The average Bonchev–Trinajstić information content (AvgIpc) is 2.61. The standard InChI is InChI=1S/C18H23Cl2N3O4/c1-2-3-8-27-17(25)10-15-18(26)21-6-7-23(15)11-16(24)22-12-4-5-13(19)14(20)9-12/h4-5,9,15H,2-3,6-8,10-11H2,1H3,(H,21,26)(H,22,24). The lowest BCUT2D eigenvalue weighted by atomic mass is 10.1. The van der Waals surface area contributed by atoms with E-state index < -0.39 is 12.0 Å². The summed E-state index contributed by atoms with van der Waals surface area (Å²) in [5, 5.41) is 6.16. The maximum Gasteiger partial charge on any atom is 0.307 e. The summed E-state index contributed by atoms with van der Waals surface area (Å²) in [6.45, 7) is 3.19. The van der Waals surface area contributed by atoms with Gasteiger partial charge in [0, 0.05) is 18.8 Å². The molecule has 0 bridgehead atoms. The molecule has 1 fully saturated rings. The predicted octanol–water partition coefficient (Wildman–Crippen LogP) is 2.47. The molecule has 7 nitrogen and oxygen atoms in total. The lowest BCUT2D eigenvalue weighted by Gasteiger charge is -2.33. The molecular weight excluding hydrogens is 393 g/mol. The summed E-state index contributed by atoms with van der Waals surface area (Å²) < 4.78 is 5.13. The Balaban J connectivity index is 1.94. The molecule has 0 aliphatic carbocycles. The Labute approximate surface area is 168 Å². The third-order valence-corrected chi connectivity index (χ3v) is 4.85. The Morgan fingerprint density at radius 2 is 2.11 bits per heavy atom. The number of hydrogen-bond donors (Lipinski definition) is 2. The van der Waals surface area contributed by atoms with Gasteiger partial charge in [-0.3, -0.25) is 19.3 Å². The maximum absolute atomic E-state index is 12.3. The molecule has 2 N–H and O–H groups in total. The molecule has 2 rings (SSSR count). The van der Waals surface area contributed by atoms with Crippen LogP contribution in [0.4, 0.5) is 5.69 Å². The molecule has 1 aromatic carbocycles. The molecule has 1 aliphatic heterocycles. The first-order valence-electron chi connectivity index (χ1n) is 8.83. The highest BCUT2D eigenvalue weighted by atomic mass is 35.5. The van der Waals surface area contributed by atoms with Gasteiger partial charge in [0.25, 0.3) is 0 Å². The number of hydrogen-bond acceptors (Lipinski definition) is 5. The maximum atomic E-state index is 12.3. The summed E-state index contributed by atoms with van der Waals surface area (Å²) in [7, 11) is 0. The van der Waals surface area contributed by atoms with Crippen LogP contribution in [0.15, 0.2) is 18.2 Å². The van der Waals surface area contributed by atoms with Crippen LogP contribution in [0, 0.1) is 0 Å². The van der Waals surface area contributed by atoms with Gasteiger partial charge in [-0.1, -0.05) is 36.5 Å². The van der Waals surface area contributed by atoms with Crippen LogP contribution in [-0.4, -0.2) is 55.0 Å². The number of carbonyl (C=O) groups is 3. The number of piperazine rings is 1. The first kappa shape index (κ1) is 21.5. The van der Waals surface area contributed by atoms with E-state index in [1.807, 2.05) is 6.92 Å². The minimum Gasteiger partial charge on any atom is -0.466 e. The summed E-state index contributed by atoms with van der Waals surface area (Å²) in [4.78, 5) is 38.2. The van der Waals surface area contributed by atoms with Gasteiger partial charge in [0.1, 0.15) is 6.04 Å². The van der Waals surface area contributed by atoms with Crippen molar-refractivity contribution < 1.29 is 19.1 Å². The molecule has 0 aromatic heterocycles. The fourth-order valence-electron chi connectivity index (χ4n) is 2.68. The van der Waals surface area contributed by atoms with Crippen molar-refractivity contribution in [1.82, 2.24) is 10.2 Å². The number of nitrogens with zero attached hydrogens (tertiary/aromatic N) is 1. The number of esters is 1. The highest BCUT2D eigenvalue weighted by molar-refractivity contribution is 6.42. The highest BCUT2D eigenvalue weighted by Crippen LogP contribution is 2.25. The highest BCUT2D eigenvalue weighted by Gasteiger charge is 2.33. The number of carbonyl (C=O) groups excluding carboxylic acids is 3. The number of amides is 2. The third kappa shape index (κ3) is 6.68. The molecule has 27 heavy (non-hydrogen) atoms. The summed E-state index contributed by atoms with van der Waals surface area (Å²) >= 11 is 11.8. The van der Waals surface area contributed by atoms with Gasteiger partial charge >= 0.3 is 5.97 Å². The summed E-state index contributed by atoms with van der Waals surface area (Å²) in [6, 6.07) is 4.04. The van der Waals surface area contributed by atoms with Crippen LogP contribution in [0.25, 0.3) is 0 Å². The summed E-state index contributed by atoms with van der Waals surface area (Å²) in [6.07, 6.45) is 1.60. The van der Waals surface area contributed by atoms with Gasteiger partial charge in [-0.2, -0.15) is 0 Å². The number of ether oxygens (including phenoxy) is 1. The van der Waals surface area contributed by atoms with E-state index in [4.69, 9.17) is 27.9 Å². The molecule has 0 spiro atoms. The molecule has 1 atom stereocenters. The van der Waals surface area contributed by atoms with Gasteiger partial charge in [0.05, 0.1) is 29.6 Å². The second-order valence-electron chi connectivity index (χ2n) is 6.23. The van der Waals surface area contributed by atoms with E-state index in [2.05, 4.69) is 10.6 Å². The zero-order valence-electron chi connectivity index (χ0n) is 15.1. The van der Waals surface area contributed by atoms with Gasteiger partial charge < -0.3 is 15.4 Å². The summed E-state index contributed by atoms with van der Waals surface area (Å²) in [5.74, 6) is -1.04. The molecular formula is C18H23Cl2N3O4. The Kier molecular flexibility index (Phi) is 8.34. The van der Waals surface area contributed by atoms with Crippen molar-refractivity contribution in [3.8, 4) is 0 Å². The van der Waals surface area contributed by atoms with Gasteiger partial charge in [0.15, 0.2) is 0 Å². The lowest BCUT2D eigenvalue weighted by Crippen LogP contribution is -2.57. The molecule has 1 unspecified atom stereocenters. The van der Waals surface area contributed by atoms with Crippen molar-refractivity contribution in [1.29, 1.82) is 0 Å². The summed E-state index contributed by atoms with van der Waals surface area (Å²) in [5.41, 5.74) is 0.506. The number of nitrogens with one attached hydrogen (secondary N) is 2. The molecule has 1 aromatic rings. The van der Waals surface area contributed by atoms with Crippen molar-refractivity contribution in [3.63, 3.8) is 0 Å². The second kappa shape index (κ2) is 10.5. The molecule has 0 saturated carbocycles.